The fourth-order valence-electron chi connectivity index (χ4n) is 3.24. The molecule has 4 rings (SSSR count). The Morgan fingerprint density at radius 1 is 1.25 bits per heavy atom. The van der Waals surface area contributed by atoms with Gasteiger partial charge in [0.1, 0.15) is 0 Å². The molecule has 24 heavy (non-hydrogen) atoms. The number of hydrogen-bond donors (Lipinski definition) is 0. The number of hydrogen-bond acceptors (Lipinski definition) is 3. The van der Waals surface area contributed by atoms with Crippen LogP contribution in [0.5, 0.6) is 0 Å². The van der Waals surface area contributed by atoms with Crippen molar-refractivity contribution >= 4 is 17.3 Å². The number of nitrogens with zero attached hydrogens (tertiary/aromatic N) is 2. The van der Waals surface area contributed by atoms with E-state index in [9.17, 15) is 0 Å². The van der Waals surface area contributed by atoms with E-state index in [1.807, 2.05) is 18.5 Å². The standard InChI is InChI=1S/C20H23ClN2O/c1-14(24-13-15-2-3-15)18-9-20(11-22-10-18)23-7-6-16-8-19(21)5-4-17(16)12-23/h4-5,8-11,14-15H,2-3,6-7,12-13H2,1H3. The van der Waals surface area contributed by atoms with Crippen molar-refractivity contribution in [3.05, 3.63) is 58.4 Å². The zero-order valence-corrected chi connectivity index (χ0v) is 14.8. The molecule has 2 aliphatic rings. The van der Waals surface area contributed by atoms with Gasteiger partial charge in [0, 0.05) is 29.9 Å². The number of halogens is 1. The molecule has 0 saturated heterocycles. The lowest BCUT2D eigenvalue weighted by molar-refractivity contribution is 0.0577. The first kappa shape index (κ1) is 15.9. The Morgan fingerprint density at radius 3 is 2.96 bits per heavy atom. The summed E-state index contributed by atoms with van der Waals surface area (Å²) in [7, 11) is 0. The van der Waals surface area contributed by atoms with Crippen LogP contribution in [0.3, 0.4) is 0 Å². The number of anilines is 1. The third-order valence-corrected chi connectivity index (χ3v) is 5.27. The zero-order valence-electron chi connectivity index (χ0n) is 14.0. The van der Waals surface area contributed by atoms with Crippen molar-refractivity contribution in [2.24, 2.45) is 5.92 Å². The van der Waals surface area contributed by atoms with Crippen LogP contribution in [0.25, 0.3) is 0 Å². The van der Waals surface area contributed by atoms with Crippen molar-refractivity contribution in [1.82, 2.24) is 4.98 Å². The molecule has 3 nitrogen and oxygen atoms in total. The van der Waals surface area contributed by atoms with Gasteiger partial charge >= 0.3 is 0 Å². The van der Waals surface area contributed by atoms with Crippen LogP contribution in [-0.2, 0) is 17.7 Å². The second kappa shape index (κ2) is 6.73. The van der Waals surface area contributed by atoms with Crippen LogP contribution < -0.4 is 4.90 Å². The Morgan fingerprint density at radius 2 is 2.12 bits per heavy atom. The molecule has 1 unspecified atom stereocenters. The van der Waals surface area contributed by atoms with Gasteiger partial charge in [-0.15, -0.1) is 0 Å². The second-order valence-corrected chi connectivity index (χ2v) is 7.42. The predicted molar refractivity (Wildman–Crippen MR) is 97.5 cm³/mol. The molecule has 1 saturated carbocycles. The van der Waals surface area contributed by atoms with Crippen molar-refractivity contribution in [2.75, 3.05) is 18.1 Å². The highest BCUT2D eigenvalue weighted by atomic mass is 35.5. The van der Waals surface area contributed by atoms with E-state index >= 15 is 0 Å². The summed E-state index contributed by atoms with van der Waals surface area (Å²) >= 11 is 6.10. The smallest absolute Gasteiger partial charge is 0.0812 e. The van der Waals surface area contributed by atoms with Crippen molar-refractivity contribution < 1.29 is 4.74 Å². The Labute approximate surface area is 148 Å². The lowest BCUT2D eigenvalue weighted by Gasteiger charge is -2.31. The molecule has 126 valence electrons. The van der Waals surface area contributed by atoms with Gasteiger partial charge in [-0.3, -0.25) is 4.98 Å². The summed E-state index contributed by atoms with van der Waals surface area (Å²) in [4.78, 5) is 6.84. The Bertz CT molecular complexity index is 729. The molecular formula is C20H23ClN2O. The Hall–Kier alpha value is -1.58. The molecule has 2 heterocycles. The van der Waals surface area contributed by atoms with Gasteiger partial charge in [0.05, 0.1) is 24.6 Å². The van der Waals surface area contributed by atoms with E-state index in [0.29, 0.717) is 0 Å². The van der Waals surface area contributed by atoms with Crippen LogP contribution in [0.15, 0.2) is 36.7 Å². The summed E-state index contributed by atoms with van der Waals surface area (Å²) in [5, 5.41) is 0.826. The molecule has 0 amide bonds. The van der Waals surface area contributed by atoms with Crippen LogP contribution in [0.2, 0.25) is 5.02 Å². The molecule has 1 aromatic heterocycles. The molecule has 1 fully saturated rings. The Kier molecular flexibility index (Phi) is 4.47. The summed E-state index contributed by atoms with van der Waals surface area (Å²) < 4.78 is 5.99. The van der Waals surface area contributed by atoms with Crippen molar-refractivity contribution in [3.63, 3.8) is 0 Å². The molecule has 2 aromatic rings. The van der Waals surface area contributed by atoms with E-state index in [0.717, 1.165) is 42.6 Å². The average Bonchev–Trinajstić information content (AvgIpc) is 3.44. The van der Waals surface area contributed by atoms with Gasteiger partial charge in [0.15, 0.2) is 0 Å². The first-order chi connectivity index (χ1) is 11.7. The van der Waals surface area contributed by atoms with E-state index in [1.54, 1.807) is 0 Å². The third-order valence-electron chi connectivity index (χ3n) is 5.04. The van der Waals surface area contributed by atoms with E-state index in [1.165, 1.54) is 29.7 Å². The lowest BCUT2D eigenvalue weighted by Crippen LogP contribution is -2.30. The maximum Gasteiger partial charge on any atom is 0.0812 e. The monoisotopic (exact) mass is 342 g/mol. The zero-order chi connectivity index (χ0) is 16.5. The van der Waals surface area contributed by atoms with Crippen LogP contribution in [0.1, 0.15) is 42.6 Å². The average molecular weight is 343 g/mol. The van der Waals surface area contributed by atoms with Gasteiger partial charge in [-0.2, -0.15) is 0 Å². The fourth-order valence-corrected chi connectivity index (χ4v) is 3.44. The van der Waals surface area contributed by atoms with Crippen molar-refractivity contribution in [2.45, 2.75) is 38.8 Å². The van der Waals surface area contributed by atoms with Crippen LogP contribution in [0, 0.1) is 5.92 Å². The van der Waals surface area contributed by atoms with E-state index in [-0.39, 0.29) is 6.10 Å². The summed E-state index contributed by atoms with van der Waals surface area (Å²) in [5.74, 6) is 0.786. The van der Waals surface area contributed by atoms with Crippen LogP contribution >= 0.6 is 11.6 Å². The second-order valence-electron chi connectivity index (χ2n) is 6.98. The number of ether oxygens (including phenoxy) is 1. The Balaban J connectivity index is 1.48. The number of rotatable bonds is 5. The molecule has 1 aliphatic carbocycles. The molecule has 0 spiro atoms. The summed E-state index contributed by atoms with van der Waals surface area (Å²) in [6, 6.07) is 8.44. The molecular weight excluding hydrogens is 320 g/mol. The van der Waals surface area contributed by atoms with E-state index in [4.69, 9.17) is 16.3 Å². The number of pyridine rings is 1. The van der Waals surface area contributed by atoms with Crippen molar-refractivity contribution in [1.29, 1.82) is 0 Å². The first-order valence-electron chi connectivity index (χ1n) is 8.78. The van der Waals surface area contributed by atoms with E-state index in [2.05, 4.69) is 35.0 Å². The minimum atomic E-state index is 0.105. The summed E-state index contributed by atoms with van der Waals surface area (Å²) in [6.45, 7) is 4.91. The van der Waals surface area contributed by atoms with Crippen LogP contribution in [0.4, 0.5) is 5.69 Å². The molecule has 0 bridgehead atoms. The van der Waals surface area contributed by atoms with Gasteiger partial charge in [0.2, 0.25) is 0 Å². The highest BCUT2D eigenvalue weighted by Crippen LogP contribution is 2.32. The summed E-state index contributed by atoms with van der Waals surface area (Å²) in [5.41, 5.74) is 5.06. The summed E-state index contributed by atoms with van der Waals surface area (Å²) in [6.07, 6.45) is 7.66. The third kappa shape index (κ3) is 3.57. The van der Waals surface area contributed by atoms with Gasteiger partial charge < -0.3 is 9.64 Å². The quantitative estimate of drug-likeness (QED) is 0.781. The van der Waals surface area contributed by atoms with E-state index < -0.39 is 0 Å². The maximum atomic E-state index is 6.10. The topological polar surface area (TPSA) is 25.4 Å². The predicted octanol–water partition coefficient (Wildman–Crippen LogP) is 4.79. The number of fused-ring (bicyclic) bond motifs is 1. The maximum absolute atomic E-state index is 6.10. The van der Waals surface area contributed by atoms with Gasteiger partial charge in [-0.25, -0.2) is 0 Å². The van der Waals surface area contributed by atoms with Gasteiger partial charge in [0.25, 0.3) is 0 Å². The largest absolute Gasteiger partial charge is 0.373 e. The van der Waals surface area contributed by atoms with Crippen LogP contribution in [-0.4, -0.2) is 18.1 Å². The molecule has 4 heteroatoms. The number of benzene rings is 1. The van der Waals surface area contributed by atoms with Gasteiger partial charge in [-0.1, -0.05) is 17.7 Å². The van der Waals surface area contributed by atoms with Crippen molar-refractivity contribution in [3.8, 4) is 0 Å². The van der Waals surface area contributed by atoms with Gasteiger partial charge in [-0.05, 0) is 61.4 Å². The SMILES string of the molecule is CC(OCC1CC1)c1cncc(N2CCc3cc(Cl)ccc3C2)c1. The lowest BCUT2D eigenvalue weighted by atomic mass is 9.99. The highest BCUT2D eigenvalue weighted by molar-refractivity contribution is 6.30. The minimum absolute atomic E-state index is 0.105. The molecule has 0 N–H and O–H groups in total. The minimum Gasteiger partial charge on any atom is -0.373 e. The highest BCUT2D eigenvalue weighted by Gasteiger charge is 2.23. The normalized spacial score (nSPS) is 18.3. The molecule has 1 atom stereocenters. The molecule has 0 radical (unpaired) electrons. The fraction of sp³-hybridized carbons (Fsp3) is 0.450. The molecule has 1 aliphatic heterocycles. The molecule has 1 aromatic carbocycles. The number of aromatic nitrogens is 1. The first-order valence-corrected chi connectivity index (χ1v) is 9.15.